The Kier molecular flexibility index (Phi) is 6.51. The average molecular weight is 525 g/mol. The van der Waals surface area contributed by atoms with Gasteiger partial charge in [0.15, 0.2) is 0 Å². The maximum atomic E-state index is 12.9. The van der Waals surface area contributed by atoms with Crippen molar-refractivity contribution >= 4 is 5.97 Å². The molecule has 5 aliphatic rings. The van der Waals surface area contributed by atoms with Crippen LogP contribution in [0.25, 0.3) is 0 Å². The minimum Gasteiger partial charge on any atom is -0.481 e. The first kappa shape index (κ1) is 28.4. The monoisotopic (exact) mass is 524 g/mol. The summed E-state index contributed by atoms with van der Waals surface area (Å²) in [5.41, 5.74) is 0.352. The van der Waals surface area contributed by atoms with Gasteiger partial charge in [-0.2, -0.15) is 0 Å². The van der Waals surface area contributed by atoms with Crippen LogP contribution in [0.2, 0.25) is 0 Å². The largest absolute Gasteiger partial charge is 0.481 e. The second kappa shape index (κ2) is 8.70. The highest BCUT2D eigenvalue weighted by molar-refractivity contribution is 5.76. The molecule has 0 heterocycles. The zero-order chi connectivity index (χ0) is 28.1. The molecule has 0 aromatic heterocycles. The zero-order valence-corrected chi connectivity index (χ0v) is 25.9. The van der Waals surface area contributed by atoms with E-state index >= 15 is 0 Å². The van der Waals surface area contributed by atoms with Crippen LogP contribution in [0.1, 0.15) is 120 Å². The van der Waals surface area contributed by atoms with Crippen LogP contribution in [0.4, 0.5) is 0 Å². The number of fused-ring (bicyclic) bond motifs is 7. The molecule has 0 spiro atoms. The quantitative estimate of drug-likeness (QED) is 0.363. The first-order chi connectivity index (χ1) is 17.5. The van der Waals surface area contributed by atoms with Crippen LogP contribution in [0.15, 0.2) is 23.8 Å². The van der Waals surface area contributed by atoms with Gasteiger partial charge >= 0.3 is 5.97 Å². The van der Waals surface area contributed by atoms with E-state index < -0.39 is 17.0 Å². The van der Waals surface area contributed by atoms with Gasteiger partial charge < -0.3 is 10.2 Å². The Balaban J connectivity index is 1.62. The van der Waals surface area contributed by atoms with Crippen molar-refractivity contribution in [3.8, 4) is 0 Å². The fraction of sp³-hybridized carbons (Fsp3) is 0.857. The summed E-state index contributed by atoms with van der Waals surface area (Å²) >= 11 is 0. The van der Waals surface area contributed by atoms with Crippen molar-refractivity contribution < 1.29 is 15.0 Å². The van der Waals surface area contributed by atoms with Crippen molar-refractivity contribution in [2.75, 3.05) is 0 Å². The molecule has 3 unspecified atom stereocenters. The lowest BCUT2D eigenvalue weighted by Crippen LogP contribution is -2.68. The third kappa shape index (κ3) is 3.32. The van der Waals surface area contributed by atoms with E-state index in [-0.39, 0.29) is 33.5 Å². The van der Waals surface area contributed by atoms with E-state index in [1.54, 1.807) is 0 Å². The molecule has 0 bridgehead atoms. The summed E-state index contributed by atoms with van der Waals surface area (Å²) in [6.07, 6.45) is 16.3. The fourth-order valence-electron chi connectivity index (χ4n) is 11.8. The lowest BCUT2D eigenvalue weighted by Gasteiger charge is -2.73. The minimum absolute atomic E-state index is 0.0394. The van der Waals surface area contributed by atoms with Crippen LogP contribution in [0, 0.1) is 62.6 Å². The summed E-state index contributed by atoms with van der Waals surface area (Å²) in [6, 6.07) is 0. The van der Waals surface area contributed by atoms with Gasteiger partial charge in [0.2, 0.25) is 0 Å². The van der Waals surface area contributed by atoms with Crippen LogP contribution >= 0.6 is 0 Å². The van der Waals surface area contributed by atoms with Gasteiger partial charge in [-0.3, -0.25) is 4.79 Å². The third-order valence-corrected chi connectivity index (χ3v) is 14.8. The Labute approximate surface area is 232 Å². The molecule has 0 radical (unpaired) electrons. The molecule has 5 rings (SSSR count). The van der Waals surface area contributed by atoms with E-state index in [1.165, 1.54) is 12.0 Å². The number of carboxylic acid groups (broad SMARTS) is 1. The van der Waals surface area contributed by atoms with Gasteiger partial charge in [0.25, 0.3) is 0 Å². The number of carboxylic acids is 1. The Bertz CT molecular complexity index is 1040. The Hall–Kier alpha value is -1.09. The molecule has 3 nitrogen and oxygen atoms in total. The highest BCUT2D eigenvalue weighted by atomic mass is 16.4. The summed E-state index contributed by atoms with van der Waals surface area (Å²) in [5.74, 6) is 1.77. The highest BCUT2D eigenvalue weighted by Gasteiger charge is 2.71. The van der Waals surface area contributed by atoms with E-state index in [2.05, 4.69) is 80.5 Å². The second-order valence-electron chi connectivity index (χ2n) is 16.1. The molecule has 4 saturated carbocycles. The van der Waals surface area contributed by atoms with Crippen LogP contribution in [0.3, 0.4) is 0 Å². The summed E-state index contributed by atoms with van der Waals surface area (Å²) < 4.78 is 0. The van der Waals surface area contributed by atoms with Gasteiger partial charge in [0.05, 0.1) is 11.0 Å². The molecule has 11 atom stereocenters. The number of allylic oxidation sites excluding steroid dienone is 3. The molecule has 0 saturated heterocycles. The second-order valence-corrected chi connectivity index (χ2v) is 16.1. The first-order valence-corrected chi connectivity index (χ1v) is 15.9. The zero-order valence-electron chi connectivity index (χ0n) is 25.9. The number of carbonyl (C=O) groups is 1. The Morgan fingerprint density at radius 1 is 1.00 bits per heavy atom. The predicted molar refractivity (Wildman–Crippen MR) is 156 cm³/mol. The minimum atomic E-state index is -0.726. The summed E-state index contributed by atoms with van der Waals surface area (Å²) in [5, 5.41) is 22.6. The summed E-state index contributed by atoms with van der Waals surface area (Å²) in [4.78, 5) is 12.9. The van der Waals surface area contributed by atoms with Crippen molar-refractivity contribution in [3.63, 3.8) is 0 Å². The van der Waals surface area contributed by atoms with Gasteiger partial charge in [0.1, 0.15) is 0 Å². The lowest BCUT2D eigenvalue weighted by atomic mass is 9.32. The molecule has 0 amide bonds. The summed E-state index contributed by atoms with van der Waals surface area (Å²) in [7, 11) is 0. The molecule has 2 N–H and O–H groups in total. The molecule has 38 heavy (non-hydrogen) atoms. The van der Waals surface area contributed by atoms with Crippen LogP contribution < -0.4 is 0 Å². The van der Waals surface area contributed by atoms with E-state index in [0.29, 0.717) is 23.7 Å². The molecule has 214 valence electrons. The summed E-state index contributed by atoms with van der Waals surface area (Å²) in [6.45, 7) is 21.4. The SMILES string of the molecule is CCC=CC1C[C@@]2(C)C(CC[C@]3(C)C2CC=C2[C@@H]4[C@@H](C)[C@H](C)CC[C@]4(C(=O)O)CC[C@]23C)C(C)(C)[C@@]1(C)O. The molecular formula is C35H56O3. The van der Waals surface area contributed by atoms with Gasteiger partial charge in [-0.25, -0.2) is 0 Å². The molecule has 4 fully saturated rings. The Morgan fingerprint density at radius 2 is 1.68 bits per heavy atom. The number of rotatable bonds is 3. The van der Waals surface area contributed by atoms with Gasteiger partial charge in [-0.15, -0.1) is 0 Å². The molecule has 0 aromatic carbocycles. The predicted octanol–water partition coefficient (Wildman–Crippen LogP) is 8.67. The molecule has 0 aliphatic heterocycles. The van der Waals surface area contributed by atoms with Gasteiger partial charge in [0, 0.05) is 5.92 Å². The fourth-order valence-corrected chi connectivity index (χ4v) is 11.8. The molecule has 5 aliphatic carbocycles. The molecule has 0 aromatic rings. The van der Waals surface area contributed by atoms with Crippen molar-refractivity contribution in [3.05, 3.63) is 23.8 Å². The molecule has 3 heteroatoms. The van der Waals surface area contributed by atoms with Crippen molar-refractivity contribution in [1.82, 2.24) is 0 Å². The van der Waals surface area contributed by atoms with Crippen LogP contribution in [0.5, 0.6) is 0 Å². The van der Waals surface area contributed by atoms with E-state index in [1.807, 2.05) is 0 Å². The Morgan fingerprint density at radius 3 is 2.32 bits per heavy atom. The number of aliphatic carboxylic acids is 1. The standard InChI is InChI=1S/C35H56O3/c1-10-11-12-24-21-31(6)26(30(4,5)34(24,9)38)16-17-33(8)27(31)14-13-25-28-23(3)22(2)15-18-35(28,29(36)37)20-19-32(25,33)7/h11-13,22-24,26-28,38H,10,14-21H2,1-9H3,(H,36,37)/t22-,23+,24?,26?,27?,28+,31+,32-,33-,34+,35+/m1/s1. The van der Waals surface area contributed by atoms with Gasteiger partial charge in [-0.1, -0.05) is 79.2 Å². The van der Waals surface area contributed by atoms with E-state index in [4.69, 9.17) is 0 Å². The van der Waals surface area contributed by atoms with Crippen molar-refractivity contribution in [1.29, 1.82) is 0 Å². The normalized spacial score (nSPS) is 53.8. The van der Waals surface area contributed by atoms with Crippen molar-refractivity contribution in [2.45, 2.75) is 126 Å². The van der Waals surface area contributed by atoms with Crippen LogP contribution in [-0.2, 0) is 4.79 Å². The van der Waals surface area contributed by atoms with Gasteiger partial charge in [-0.05, 0) is 116 Å². The average Bonchev–Trinajstić information content (AvgIpc) is 2.83. The first-order valence-electron chi connectivity index (χ1n) is 15.9. The van der Waals surface area contributed by atoms with Crippen molar-refractivity contribution in [2.24, 2.45) is 62.6 Å². The van der Waals surface area contributed by atoms with Crippen LogP contribution in [-0.4, -0.2) is 21.8 Å². The topological polar surface area (TPSA) is 57.5 Å². The maximum absolute atomic E-state index is 12.9. The maximum Gasteiger partial charge on any atom is 0.310 e. The highest BCUT2D eigenvalue weighted by Crippen LogP contribution is 2.76. The molecular weight excluding hydrogens is 468 g/mol. The number of aliphatic hydroxyl groups is 1. The number of hydrogen-bond acceptors (Lipinski definition) is 2. The third-order valence-electron chi connectivity index (χ3n) is 14.8. The number of hydrogen-bond donors (Lipinski definition) is 2. The smallest absolute Gasteiger partial charge is 0.310 e. The van der Waals surface area contributed by atoms with E-state index in [0.717, 1.165) is 51.4 Å². The van der Waals surface area contributed by atoms with E-state index in [9.17, 15) is 15.0 Å². The lowest BCUT2D eigenvalue weighted by molar-refractivity contribution is -0.244.